The first kappa shape index (κ1) is 11.3. The zero-order chi connectivity index (χ0) is 12.6. The molecular formula is C10H12N4O3. The minimum atomic E-state index is -0.845. The number of urea groups is 1. The van der Waals surface area contributed by atoms with Crippen molar-refractivity contribution in [3.05, 3.63) is 23.4 Å². The summed E-state index contributed by atoms with van der Waals surface area (Å²) in [6, 6.07) is -0.845. The minimum absolute atomic E-state index is 0.0527. The molecule has 1 atom stereocenters. The number of hydrazone groups is 1. The number of nitrogens with zero attached hydrogens (tertiary/aromatic N) is 2. The number of aliphatic hydroxyl groups is 1. The summed E-state index contributed by atoms with van der Waals surface area (Å²) in [6.07, 6.45) is 2.19. The lowest BCUT2D eigenvalue weighted by atomic mass is 10.00. The lowest BCUT2D eigenvalue weighted by molar-refractivity contribution is -0.108. The Kier molecular flexibility index (Phi) is 2.68. The lowest BCUT2D eigenvalue weighted by Gasteiger charge is -2.15. The van der Waals surface area contributed by atoms with Gasteiger partial charge in [0.25, 0.3) is 0 Å². The topological polar surface area (TPSA) is 108 Å². The molecule has 2 aliphatic rings. The van der Waals surface area contributed by atoms with Crippen LogP contribution in [0.2, 0.25) is 0 Å². The van der Waals surface area contributed by atoms with Crippen LogP contribution in [0.4, 0.5) is 4.79 Å². The number of β-amino-alcohol motifs (C(OH)–C–C–N with tert-alkyl or cyclic N) is 1. The number of likely N-dealkylation sites (tertiary alicyclic amines) is 1. The van der Waals surface area contributed by atoms with Gasteiger partial charge in [0.1, 0.15) is 5.71 Å². The number of carbonyl (C=O) groups excluding carboxylic acids is 2. The molecule has 17 heavy (non-hydrogen) atoms. The van der Waals surface area contributed by atoms with E-state index < -0.39 is 12.1 Å². The third kappa shape index (κ3) is 2.04. The minimum Gasteiger partial charge on any atom is -0.386 e. The Morgan fingerprint density at radius 3 is 3.00 bits per heavy atom. The first-order valence-electron chi connectivity index (χ1n) is 4.99. The number of likely N-dealkylation sites (N-methyl/N-ethyl adjacent to an activating group) is 1. The second-order valence-electron chi connectivity index (χ2n) is 3.86. The molecule has 4 N–H and O–H groups in total. The van der Waals surface area contributed by atoms with E-state index in [9.17, 15) is 14.7 Å². The normalized spacial score (nSPS) is 25.5. The van der Waals surface area contributed by atoms with Gasteiger partial charge in [-0.25, -0.2) is 10.2 Å². The summed E-state index contributed by atoms with van der Waals surface area (Å²) >= 11 is 0. The van der Waals surface area contributed by atoms with Gasteiger partial charge in [0, 0.05) is 30.9 Å². The molecular weight excluding hydrogens is 224 g/mol. The third-order valence-corrected chi connectivity index (χ3v) is 2.61. The fourth-order valence-electron chi connectivity index (χ4n) is 1.83. The molecule has 7 heteroatoms. The van der Waals surface area contributed by atoms with Crippen LogP contribution in [-0.2, 0) is 4.79 Å². The van der Waals surface area contributed by atoms with Gasteiger partial charge in [-0.2, -0.15) is 5.10 Å². The highest BCUT2D eigenvalue weighted by Crippen LogP contribution is 2.28. The highest BCUT2D eigenvalue weighted by atomic mass is 16.3. The Balaban J connectivity index is 2.31. The average Bonchev–Trinajstić information content (AvgIpc) is 2.51. The van der Waals surface area contributed by atoms with Gasteiger partial charge in [-0.3, -0.25) is 4.79 Å². The summed E-state index contributed by atoms with van der Waals surface area (Å²) in [5, 5.41) is 13.3. The van der Waals surface area contributed by atoms with Crippen molar-refractivity contribution < 1.29 is 14.7 Å². The quantitative estimate of drug-likeness (QED) is 0.389. The van der Waals surface area contributed by atoms with Gasteiger partial charge in [-0.15, -0.1) is 0 Å². The molecule has 0 bridgehead atoms. The van der Waals surface area contributed by atoms with E-state index in [1.54, 1.807) is 11.9 Å². The molecule has 1 aliphatic heterocycles. The van der Waals surface area contributed by atoms with E-state index in [0.29, 0.717) is 17.8 Å². The van der Waals surface area contributed by atoms with Crippen LogP contribution in [0.15, 0.2) is 28.5 Å². The predicted octanol–water partition coefficient (Wildman–Crippen LogP) is -1.29. The van der Waals surface area contributed by atoms with Crippen molar-refractivity contribution in [2.45, 2.75) is 6.10 Å². The number of aliphatic hydroxyl groups excluding tert-OH is 1. The monoisotopic (exact) mass is 236 g/mol. The molecule has 7 nitrogen and oxygen atoms in total. The molecule has 1 saturated heterocycles. The maximum atomic E-state index is 11.6. The largest absolute Gasteiger partial charge is 0.386 e. The Morgan fingerprint density at radius 1 is 1.65 bits per heavy atom. The fourth-order valence-corrected chi connectivity index (χ4v) is 1.83. The second kappa shape index (κ2) is 4.02. The number of ketones is 1. The Hall–Kier alpha value is -2.15. The summed E-state index contributed by atoms with van der Waals surface area (Å²) in [5.41, 5.74) is 8.19. The summed E-state index contributed by atoms with van der Waals surface area (Å²) in [4.78, 5) is 23.9. The SMILES string of the molecule is CN1CC(O)C2=C/C(=N\NC(N)=O)C(=O)C=C21. The van der Waals surface area contributed by atoms with Gasteiger partial charge in [0.2, 0.25) is 5.78 Å². The molecule has 0 aromatic heterocycles. The number of amides is 2. The zero-order valence-corrected chi connectivity index (χ0v) is 9.17. The number of nitrogens with two attached hydrogens (primary N) is 1. The average molecular weight is 236 g/mol. The van der Waals surface area contributed by atoms with Gasteiger partial charge >= 0.3 is 6.03 Å². The lowest BCUT2D eigenvalue weighted by Crippen LogP contribution is -2.28. The van der Waals surface area contributed by atoms with Gasteiger partial charge in [-0.05, 0) is 6.08 Å². The highest BCUT2D eigenvalue weighted by Gasteiger charge is 2.32. The van der Waals surface area contributed by atoms with Gasteiger partial charge in [-0.1, -0.05) is 0 Å². The highest BCUT2D eigenvalue weighted by molar-refractivity contribution is 6.49. The van der Waals surface area contributed by atoms with Crippen LogP contribution < -0.4 is 11.2 Å². The molecule has 1 fully saturated rings. The van der Waals surface area contributed by atoms with Gasteiger partial charge < -0.3 is 15.7 Å². The number of nitrogens with one attached hydrogen (secondary N) is 1. The predicted molar refractivity (Wildman–Crippen MR) is 60.0 cm³/mol. The van der Waals surface area contributed by atoms with Crippen LogP contribution in [0, 0.1) is 0 Å². The van der Waals surface area contributed by atoms with Crippen LogP contribution >= 0.6 is 0 Å². The third-order valence-electron chi connectivity index (χ3n) is 2.61. The van der Waals surface area contributed by atoms with Crippen LogP contribution in [0.25, 0.3) is 0 Å². The van der Waals surface area contributed by atoms with E-state index in [0.717, 1.165) is 0 Å². The molecule has 0 saturated carbocycles. The Labute approximate surface area is 97.3 Å². The smallest absolute Gasteiger partial charge is 0.332 e. The van der Waals surface area contributed by atoms with Crippen molar-refractivity contribution in [3.63, 3.8) is 0 Å². The summed E-state index contributed by atoms with van der Waals surface area (Å²) in [7, 11) is 1.78. The molecule has 1 aliphatic carbocycles. The molecule has 0 radical (unpaired) electrons. The van der Waals surface area contributed by atoms with Gasteiger partial charge in [0.05, 0.1) is 6.10 Å². The van der Waals surface area contributed by atoms with Crippen LogP contribution in [0.1, 0.15) is 0 Å². The van der Waals surface area contributed by atoms with Crippen molar-refractivity contribution in [1.29, 1.82) is 0 Å². The van der Waals surface area contributed by atoms with Crippen molar-refractivity contribution >= 4 is 17.5 Å². The van der Waals surface area contributed by atoms with Crippen molar-refractivity contribution in [1.82, 2.24) is 10.3 Å². The van der Waals surface area contributed by atoms with E-state index in [2.05, 4.69) is 5.10 Å². The molecule has 1 heterocycles. The number of hydrogen-bond donors (Lipinski definition) is 3. The number of hydrogen-bond acceptors (Lipinski definition) is 5. The van der Waals surface area contributed by atoms with E-state index in [1.165, 1.54) is 12.2 Å². The Morgan fingerprint density at radius 2 is 2.35 bits per heavy atom. The maximum Gasteiger partial charge on any atom is 0.332 e. The van der Waals surface area contributed by atoms with Crippen LogP contribution in [0.5, 0.6) is 0 Å². The summed E-state index contributed by atoms with van der Waals surface area (Å²) < 4.78 is 0. The number of fused-ring (bicyclic) bond motifs is 1. The fraction of sp³-hybridized carbons (Fsp3) is 0.300. The van der Waals surface area contributed by atoms with Crippen LogP contribution in [-0.4, -0.2) is 47.2 Å². The first-order valence-corrected chi connectivity index (χ1v) is 4.99. The van der Waals surface area contributed by atoms with E-state index >= 15 is 0 Å². The molecule has 0 aromatic carbocycles. The van der Waals surface area contributed by atoms with Crippen LogP contribution in [0.3, 0.4) is 0 Å². The van der Waals surface area contributed by atoms with Crippen molar-refractivity contribution in [3.8, 4) is 0 Å². The number of allylic oxidation sites excluding steroid dienone is 2. The molecule has 90 valence electrons. The molecule has 0 spiro atoms. The van der Waals surface area contributed by atoms with E-state index in [4.69, 9.17) is 5.73 Å². The summed E-state index contributed by atoms with van der Waals surface area (Å²) in [5.74, 6) is -0.335. The van der Waals surface area contributed by atoms with Gasteiger partial charge in [0.15, 0.2) is 0 Å². The molecule has 0 aromatic rings. The first-order chi connectivity index (χ1) is 7.99. The van der Waals surface area contributed by atoms with E-state index in [1.807, 2.05) is 5.43 Å². The van der Waals surface area contributed by atoms with E-state index in [-0.39, 0.29) is 11.5 Å². The van der Waals surface area contributed by atoms with Crippen molar-refractivity contribution in [2.75, 3.05) is 13.6 Å². The number of rotatable bonds is 1. The molecule has 2 rings (SSSR count). The maximum absolute atomic E-state index is 11.6. The standard InChI is InChI=1S/C10H12N4O3/c1-14-4-9(16)5-2-6(12-13-10(11)17)8(15)3-7(5)14/h2-3,9,16H,4H2,1H3,(H3,11,13,17)/b12-6+. The van der Waals surface area contributed by atoms with Crippen molar-refractivity contribution in [2.24, 2.45) is 10.8 Å². The number of primary amides is 1. The zero-order valence-electron chi connectivity index (χ0n) is 9.17. The summed E-state index contributed by atoms with van der Waals surface area (Å²) in [6.45, 7) is 0.432. The second-order valence-corrected chi connectivity index (χ2v) is 3.86. The molecule has 2 amide bonds. The number of carbonyl (C=O) groups is 2. The molecule has 1 unspecified atom stereocenters. The Bertz CT molecular complexity index is 478.